The topological polar surface area (TPSA) is 237 Å². The molecule has 3 N–H and O–H groups in total. The Morgan fingerprint density at radius 1 is 0.250 bits per heavy atom. The van der Waals surface area contributed by atoms with Crippen LogP contribution in [0, 0.1) is 0 Å². The molecule has 0 rings (SSSR count). The van der Waals surface area contributed by atoms with Crippen LogP contribution in [-0.4, -0.2) is 96.7 Å². The molecule has 2 unspecified atom stereocenters. The second-order valence-electron chi connectivity index (χ2n) is 27.7. The van der Waals surface area contributed by atoms with Crippen LogP contribution in [0.25, 0.3) is 0 Å². The third-order valence-electron chi connectivity index (χ3n) is 18.1. The van der Waals surface area contributed by atoms with Gasteiger partial charge in [0.05, 0.1) is 26.4 Å². The number of ether oxygens (including phenoxy) is 4. The van der Waals surface area contributed by atoms with Gasteiger partial charge in [-0.1, -0.05) is 362 Å². The number of carbonyl (C=O) groups is 4. The van der Waals surface area contributed by atoms with Crippen LogP contribution in [0.5, 0.6) is 0 Å². The molecular weight excluding hydrogens is 1260 g/mol. The fourth-order valence-corrected chi connectivity index (χ4v) is 13.5. The first-order valence-corrected chi connectivity index (χ1v) is 43.3. The summed E-state index contributed by atoms with van der Waals surface area (Å²) in [6.45, 7) is 5.00. The van der Waals surface area contributed by atoms with E-state index in [1.165, 1.54) is 244 Å². The highest BCUT2D eigenvalue weighted by Gasteiger charge is 2.30. The van der Waals surface area contributed by atoms with Crippen LogP contribution < -0.4 is 0 Å². The summed E-state index contributed by atoms with van der Waals surface area (Å²) in [6, 6.07) is 0. The zero-order valence-corrected chi connectivity index (χ0v) is 64.1. The van der Waals surface area contributed by atoms with Crippen molar-refractivity contribution >= 4 is 39.5 Å². The van der Waals surface area contributed by atoms with Gasteiger partial charge in [-0.05, 0) is 25.7 Å². The molecule has 0 aliphatic heterocycles. The number of rotatable bonds is 78. The van der Waals surface area contributed by atoms with Crippen LogP contribution in [0.2, 0.25) is 0 Å². The monoisotopic (exact) mass is 1410 g/mol. The van der Waals surface area contributed by atoms with Gasteiger partial charge in [0, 0.05) is 25.7 Å². The first kappa shape index (κ1) is 94.1. The van der Waals surface area contributed by atoms with Crippen molar-refractivity contribution in [2.45, 2.75) is 431 Å². The van der Waals surface area contributed by atoms with E-state index in [9.17, 15) is 43.2 Å². The third-order valence-corrected chi connectivity index (χ3v) is 20.0. The van der Waals surface area contributed by atoms with E-state index in [1.54, 1.807) is 0 Å². The van der Waals surface area contributed by atoms with Crippen molar-refractivity contribution in [3.05, 3.63) is 0 Å². The van der Waals surface area contributed by atoms with E-state index >= 15 is 0 Å². The van der Waals surface area contributed by atoms with Crippen molar-refractivity contribution in [2.75, 3.05) is 39.6 Å². The summed E-state index contributed by atoms with van der Waals surface area (Å²) in [4.78, 5) is 72.8. The second kappa shape index (κ2) is 71.5. The normalized spacial score (nSPS) is 13.9. The fourth-order valence-electron chi connectivity index (χ4n) is 11.9. The molecule has 0 spiro atoms. The molecule has 0 aromatic rings. The quantitative estimate of drug-likeness (QED) is 0.0222. The van der Waals surface area contributed by atoms with Gasteiger partial charge < -0.3 is 33.8 Å². The average molecular weight is 1410 g/mol. The maximum Gasteiger partial charge on any atom is 0.472 e. The van der Waals surface area contributed by atoms with Gasteiger partial charge in [0.2, 0.25) is 0 Å². The number of unbranched alkanes of at least 4 members (excludes halogenated alkanes) is 52. The van der Waals surface area contributed by atoms with Gasteiger partial charge in [0.25, 0.3) is 0 Å². The highest BCUT2D eigenvalue weighted by atomic mass is 31.2. The Labute approximate surface area is 588 Å². The largest absolute Gasteiger partial charge is 0.472 e. The van der Waals surface area contributed by atoms with E-state index < -0.39 is 97.5 Å². The van der Waals surface area contributed by atoms with Gasteiger partial charge in [-0.2, -0.15) is 0 Å². The predicted octanol–water partition coefficient (Wildman–Crippen LogP) is 23.0. The number of phosphoric acid groups is 2. The summed E-state index contributed by atoms with van der Waals surface area (Å²) in [5.74, 6) is -2.11. The molecule has 0 aromatic carbocycles. The summed E-state index contributed by atoms with van der Waals surface area (Å²) < 4.78 is 68.6. The van der Waals surface area contributed by atoms with Crippen molar-refractivity contribution in [1.82, 2.24) is 0 Å². The molecular formula is C77H150O17P2. The number of phosphoric ester groups is 2. The second-order valence-corrected chi connectivity index (χ2v) is 30.7. The minimum absolute atomic E-state index is 0.109. The molecule has 5 atom stereocenters. The maximum atomic E-state index is 13.1. The lowest BCUT2D eigenvalue weighted by molar-refractivity contribution is -0.161. The van der Waals surface area contributed by atoms with Crippen LogP contribution >= 0.6 is 15.6 Å². The molecule has 0 amide bonds. The van der Waals surface area contributed by atoms with Crippen molar-refractivity contribution in [2.24, 2.45) is 0 Å². The minimum Gasteiger partial charge on any atom is -0.462 e. The molecule has 0 saturated heterocycles. The lowest BCUT2D eigenvalue weighted by atomic mass is 10.0. The summed E-state index contributed by atoms with van der Waals surface area (Å²) in [5, 5.41) is 10.6. The molecule has 0 aromatic heterocycles. The molecule has 570 valence electrons. The molecule has 17 nitrogen and oxygen atoms in total. The van der Waals surface area contributed by atoms with E-state index in [0.29, 0.717) is 25.7 Å². The van der Waals surface area contributed by atoms with Crippen LogP contribution in [0.15, 0.2) is 0 Å². The smallest absolute Gasteiger partial charge is 0.462 e. The molecule has 0 bridgehead atoms. The van der Waals surface area contributed by atoms with Gasteiger partial charge in [0.1, 0.15) is 19.3 Å². The van der Waals surface area contributed by atoms with E-state index in [-0.39, 0.29) is 25.7 Å². The number of hydrogen-bond donors (Lipinski definition) is 3. The van der Waals surface area contributed by atoms with Crippen LogP contribution in [-0.2, 0) is 65.4 Å². The summed E-state index contributed by atoms with van der Waals surface area (Å²) in [5.41, 5.74) is 0. The van der Waals surface area contributed by atoms with Crippen molar-refractivity contribution in [3.63, 3.8) is 0 Å². The Bertz CT molecular complexity index is 1830. The molecule has 19 heteroatoms. The standard InChI is InChI=1S/C77H150O17P2/c1-5-9-13-17-21-25-28-31-34-37-39-42-46-50-54-58-62-75(80)88-68-73(94-77(82)64-60-56-52-48-44-41-38-35-32-29-26-22-18-14-10-6-2)70-92-96(85,86)90-66-71(78)65-89-95(83,84)91-69-72(67-87-74(79)61-57-53-49-45-24-20-16-12-8-4)93-76(81)63-59-55-51-47-43-40-36-33-30-27-23-19-15-11-7-3/h71-73,78H,5-70H2,1-4H3,(H,83,84)(H,85,86)/t71-,72+,73+/m0/s1. The van der Waals surface area contributed by atoms with E-state index in [0.717, 1.165) is 89.9 Å². The van der Waals surface area contributed by atoms with E-state index in [1.807, 2.05) is 0 Å². The van der Waals surface area contributed by atoms with Crippen molar-refractivity contribution in [1.29, 1.82) is 0 Å². The Morgan fingerprint density at radius 3 is 0.615 bits per heavy atom. The van der Waals surface area contributed by atoms with Crippen molar-refractivity contribution < 1.29 is 80.2 Å². The van der Waals surface area contributed by atoms with Crippen molar-refractivity contribution in [3.8, 4) is 0 Å². The summed E-state index contributed by atoms with van der Waals surface area (Å²) in [6.07, 6.45) is 62.3. The van der Waals surface area contributed by atoms with E-state index in [4.69, 9.17) is 37.0 Å². The Kier molecular flexibility index (Phi) is 70.0. The molecule has 0 radical (unpaired) electrons. The molecule has 0 heterocycles. The molecule has 0 aliphatic carbocycles. The highest BCUT2D eigenvalue weighted by Crippen LogP contribution is 2.45. The number of hydrogen-bond acceptors (Lipinski definition) is 15. The summed E-state index contributed by atoms with van der Waals surface area (Å²) in [7, 11) is -9.91. The Balaban J connectivity index is 5.22. The van der Waals surface area contributed by atoms with Crippen LogP contribution in [0.1, 0.15) is 413 Å². The zero-order chi connectivity index (χ0) is 70.4. The molecule has 96 heavy (non-hydrogen) atoms. The third kappa shape index (κ3) is 70.5. The highest BCUT2D eigenvalue weighted by molar-refractivity contribution is 7.47. The predicted molar refractivity (Wildman–Crippen MR) is 391 cm³/mol. The number of aliphatic hydroxyl groups is 1. The Morgan fingerprint density at radius 2 is 0.417 bits per heavy atom. The average Bonchev–Trinajstić information content (AvgIpc) is 1.37. The molecule has 0 saturated carbocycles. The lowest BCUT2D eigenvalue weighted by Gasteiger charge is -2.21. The van der Waals surface area contributed by atoms with Gasteiger partial charge in [-0.15, -0.1) is 0 Å². The lowest BCUT2D eigenvalue weighted by Crippen LogP contribution is -2.30. The summed E-state index contributed by atoms with van der Waals surface area (Å²) >= 11 is 0. The molecule has 0 fully saturated rings. The van der Waals surface area contributed by atoms with Crippen LogP contribution in [0.4, 0.5) is 0 Å². The first-order chi connectivity index (χ1) is 46.7. The van der Waals surface area contributed by atoms with E-state index in [2.05, 4.69) is 27.7 Å². The van der Waals surface area contributed by atoms with Crippen LogP contribution in [0.3, 0.4) is 0 Å². The Hall–Kier alpha value is -1.94. The van der Waals surface area contributed by atoms with Gasteiger partial charge in [-0.25, -0.2) is 9.13 Å². The fraction of sp³-hybridized carbons (Fsp3) is 0.948. The van der Waals surface area contributed by atoms with Gasteiger partial charge in [0.15, 0.2) is 12.2 Å². The molecule has 0 aliphatic rings. The number of carbonyl (C=O) groups excluding carboxylic acids is 4. The van der Waals surface area contributed by atoms with Gasteiger partial charge in [-0.3, -0.25) is 37.3 Å². The number of esters is 4. The SMILES string of the molecule is CCCCCCCCCCCCCCCCCCC(=O)OC[C@H](COP(=O)(O)OC[C@@H](O)COP(=O)(O)OC[C@@H](COC(=O)CCCCCCCCCCC)OC(=O)CCCCCCCCCCCCCCCCC)OC(=O)CCCCCCCCCCCCCCCCCC. The minimum atomic E-state index is -4.96. The maximum absolute atomic E-state index is 13.1. The number of aliphatic hydroxyl groups excluding tert-OH is 1. The van der Waals surface area contributed by atoms with Gasteiger partial charge >= 0.3 is 39.5 Å². The zero-order valence-electron chi connectivity index (χ0n) is 62.4. The first-order valence-electron chi connectivity index (χ1n) is 40.3.